The molecular weight excluding hydrogens is 690 g/mol. The summed E-state index contributed by atoms with van der Waals surface area (Å²) in [5.41, 5.74) is 15.5. The van der Waals surface area contributed by atoms with Crippen LogP contribution in [0.1, 0.15) is 22.3 Å². The van der Waals surface area contributed by atoms with Crippen molar-refractivity contribution in [2.75, 3.05) is 4.90 Å². The van der Waals surface area contributed by atoms with Crippen molar-refractivity contribution in [2.24, 2.45) is 0 Å². The number of hydrogen-bond acceptors (Lipinski definition) is 1. The molecule has 0 aromatic heterocycles. The van der Waals surface area contributed by atoms with Gasteiger partial charge in [0.1, 0.15) is 0 Å². The zero-order valence-corrected chi connectivity index (χ0v) is 28.0. The Morgan fingerprint density at radius 3 is 1.26 bits per heavy atom. The van der Waals surface area contributed by atoms with Crippen LogP contribution in [0.4, 0.5) is 17.1 Å². The minimum atomic E-state index is -0.482. The number of nitrogens with zero attached hydrogens (tertiary/aromatic N) is 1. The normalized spacial score (nSPS) is 13.6. The van der Waals surface area contributed by atoms with Gasteiger partial charge in [-0.2, -0.15) is 0 Å². The molecule has 0 radical (unpaired) electrons. The number of anilines is 3. The molecule has 0 saturated carbocycles. The van der Waals surface area contributed by atoms with Crippen LogP contribution < -0.4 is 4.90 Å². The lowest BCUT2D eigenvalue weighted by molar-refractivity contribution is 0.752. The predicted octanol–water partition coefficient (Wildman–Crippen LogP) is 12.7. The monoisotopic (exact) mass is 715 g/mol. The third-order valence-corrected chi connectivity index (χ3v) is 10.6. The Morgan fingerprint density at radius 1 is 0.370 bits per heavy atom. The molecule has 3 heteroatoms. The number of hydrogen-bond donors (Lipinski definition) is 0. The molecule has 0 atom stereocenters. The third kappa shape index (κ3) is 3.92. The van der Waals surface area contributed by atoms with E-state index in [0.29, 0.717) is 0 Å². The van der Waals surface area contributed by atoms with Crippen LogP contribution in [0.2, 0.25) is 0 Å². The fourth-order valence-electron chi connectivity index (χ4n) is 7.83. The van der Waals surface area contributed by atoms with E-state index < -0.39 is 5.41 Å². The lowest BCUT2D eigenvalue weighted by Gasteiger charge is -2.46. The van der Waals surface area contributed by atoms with E-state index in [1.54, 1.807) is 0 Å². The maximum Gasteiger partial charge on any atom is 0.0754 e. The molecule has 1 aliphatic heterocycles. The first-order valence-electron chi connectivity index (χ1n) is 15.5. The molecule has 0 saturated heterocycles. The molecule has 2 aliphatic rings. The van der Waals surface area contributed by atoms with Gasteiger partial charge in [0.05, 0.1) is 22.5 Å². The van der Waals surface area contributed by atoms with E-state index in [-0.39, 0.29) is 0 Å². The Bertz CT molecular complexity index is 2130. The van der Waals surface area contributed by atoms with E-state index in [1.165, 1.54) is 55.6 Å². The summed E-state index contributed by atoms with van der Waals surface area (Å²) in [6, 6.07) is 59.9. The van der Waals surface area contributed by atoms with Gasteiger partial charge < -0.3 is 4.90 Å². The second kappa shape index (κ2) is 10.7. The first-order valence-corrected chi connectivity index (χ1v) is 17.1. The molecule has 0 N–H and O–H groups in total. The van der Waals surface area contributed by atoms with Crippen molar-refractivity contribution in [3.05, 3.63) is 195 Å². The van der Waals surface area contributed by atoms with Gasteiger partial charge >= 0.3 is 0 Å². The highest BCUT2D eigenvalue weighted by Crippen LogP contribution is 2.64. The smallest absolute Gasteiger partial charge is 0.0754 e. The van der Waals surface area contributed by atoms with Crippen molar-refractivity contribution < 1.29 is 0 Å². The largest absolute Gasteiger partial charge is 0.308 e. The van der Waals surface area contributed by atoms with Gasteiger partial charge in [0.2, 0.25) is 0 Å². The van der Waals surface area contributed by atoms with E-state index in [9.17, 15) is 0 Å². The minimum absolute atomic E-state index is 0.482. The van der Waals surface area contributed by atoms with Crippen molar-refractivity contribution in [1.82, 2.24) is 0 Å². The molecule has 218 valence electrons. The molecule has 0 bridgehead atoms. The topological polar surface area (TPSA) is 3.24 Å². The molecule has 0 unspecified atom stereocenters. The quantitative estimate of drug-likeness (QED) is 0.176. The SMILES string of the molecule is Brc1ccc2c(c1)N(c1c(-c3ccccc3)cccc1-c1ccccc1)c1cc(Br)ccc1C21c2ccccc2-c2ccccc21. The minimum Gasteiger partial charge on any atom is -0.308 e. The second-order valence-corrected chi connectivity index (χ2v) is 13.8. The Balaban J connectivity index is 1.46. The van der Waals surface area contributed by atoms with Gasteiger partial charge in [-0.25, -0.2) is 0 Å². The maximum atomic E-state index is 3.90. The summed E-state index contributed by atoms with van der Waals surface area (Å²) in [4.78, 5) is 2.51. The van der Waals surface area contributed by atoms with Crippen molar-refractivity contribution in [3.8, 4) is 33.4 Å². The first-order chi connectivity index (χ1) is 22.7. The average molecular weight is 718 g/mol. The number of benzene rings is 7. The molecule has 0 fully saturated rings. The molecule has 1 heterocycles. The summed E-state index contributed by atoms with van der Waals surface area (Å²) < 4.78 is 2.09. The zero-order valence-electron chi connectivity index (χ0n) is 24.8. The third-order valence-electron chi connectivity index (χ3n) is 9.59. The summed E-state index contributed by atoms with van der Waals surface area (Å²) in [7, 11) is 0. The van der Waals surface area contributed by atoms with Crippen LogP contribution in [0.3, 0.4) is 0 Å². The van der Waals surface area contributed by atoms with Gasteiger partial charge in [-0.05, 0) is 68.8 Å². The molecular formula is C43H27Br2N. The number of halogens is 2. The van der Waals surface area contributed by atoms with Gasteiger partial charge in [0.15, 0.2) is 0 Å². The fraction of sp³-hybridized carbons (Fsp3) is 0.0233. The first kappa shape index (κ1) is 27.6. The van der Waals surface area contributed by atoms with Crippen LogP contribution in [0.25, 0.3) is 33.4 Å². The van der Waals surface area contributed by atoms with E-state index in [1.807, 2.05) is 0 Å². The van der Waals surface area contributed by atoms with Gasteiger partial charge in [-0.3, -0.25) is 0 Å². The van der Waals surface area contributed by atoms with Gasteiger partial charge in [0.25, 0.3) is 0 Å². The van der Waals surface area contributed by atoms with Crippen LogP contribution in [0, 0.1) is 0 Å². The van der Waals surface area contributed by atoms with E-state index >= 15 is 0 Å². The van der Waals surface area contributed by atoms with E-state index in [4.69, 9.17) is 0 Å². The second-order valence-electron chi connectivity index (χ2n) is 11.9. The van der Waals surface area contributed by atoms with Crippen molar-refractivity contribution in [2.45, 2.75) is 5.41 Å². The van der Waals surface area contributed by atoms with E-state index in [2.05, 4.69) is 201 Å². The Hall–Kier alpha value is -4.70. The van der Waals surface area contributed by atoms with Crippen molar-refractivity contribution >= 4 is 48.9 Å². The van der Waals surface area contributed by atoms with Crippen LogP contribution in [0.5, 0.6) is 0 Å². The molecule has 46 heavy (non-hydrogen) atoms. The highest BCUT2D eigenvalue weighted by Gasteiger charge is 2.52. The maximum absolute atomic E-state index is 3.90. The van der Waals surface area contributed by atoms with Crippen molar-refractivity contribution in [3.63, 3.8) is 0 Å². The van der Waals surface area contributed by atoms with Gasteiger partial charge in [-0.1, -0.05) is 171 Å². The van der Waals surface area contributed by atoms with Crippen LogP contribution >= 0.6 is 31.9 Å². The van der Waals surface area contributed by atoms with Crippen LogP contribution in [-0.4, -0.2) is 0 Å². The molecule has 9 rings (SSSR count). The predicted molar refractivity (Wildman–Crippen MR) is 198 cm³/mol. The highest BCUT2D eigenvalue weighted by atomic mass is 79.9. The molecule has 7 aromatic rings. The van der Waals surface area contributed by atoms with Crippen LogP contribution in [0.15, 0.2) is 173 Å². The Labute approximate surface area is 286 Å². The fourth-order valence-corrected chi connectivity index (χ4v) is 8.53. The standard InChI is InChI=1S/C43H27Br2N/c44-30-22-24-38-40(26-30)46(42-32(28-12-3-1-4-13-28)18-11-19-33(42)29-14-5-2-6-15-29)41-27-31(45)23-25-39(41)43(38)36-20-9-7-16-34(36)35-17-8-10-21-37(35)43/h1-27H. The molecule has 1 aliphatic carbocycles. The Kier molecular flexibility index (Phi) is 6.41. The summed E-state index contributed by atoms with van der Waals surface area (Å²) in [5.74, 6) is 0. The molecule has 1 nitrogen and oxygen atoms in total. The molecule has 0 amide bonds. The molecule has 7 aromatic carbocycles. The Morgan fingerprint density at radius 2 is 0.783 bits per heavy atom. The van der Waals surface area contributed by atoms with E-state index in [0.717, 1.165) is 26.0 Å². The van der Waals surface area contributed by atoms with Crippen molar-refractivity contribution in [1.29, 1.82) is 0 Å². The van der Waals surface area contributed by atoms with Gasteiger partial charge in [-0.15, -0.1) is 0 Å². The summed E-state index contributed by atoms with van der Waals surface area (Å²) in [6.07, 6.45) is 0. The van der Waals surface area contributed by atoms with Crippen LogP contribution in [-0.2, 0) is 5.41 Å². The number of rotatable bonds is 3. The highest BCUT2D eigenvalue weighted by molar-refractivity contribution is 9.10. The summed E-state index contributed by atoms with van der Waals surface area (Å²) >= 11 is 7.79. The van der Waals surface area contributed by atoms with Gasteiger partial charge in [0, 0.05) is 20.1 Å². The average Bonchev–Trinajstić information content (AvgIpc) is 3.40. The lowest BCUT2D eigenvalue weighted by Crippen LogP contribution is -2.36. The summed E-state index contributed by atoms with van der Waals surface area (Å²) in [6.45, 7) is 0. The summed E-state index contributed by atoms with van der Waals surface area (Å²) in [5, 5.41) is 0. The lowest BCUT2D eigenvalue weighted by atomic mass is 9.64. The number of para-hydroxylation sites is 1. The zero-order chi connectivity index (χ0) is 30.8. The molecule has 1 spiro atoms. The number of fused-ring (bicyclic) bond motifs is 9.